The molecule has 1 fully saturated rings. The molecule has 0 heterocycles. The molecule has 0 aromatic heterocycles. The van der Waals surface area contributed by atoms with Gasteiger partial charge in [0.15, 0.2) is 5.96 Å². The van der Waals surface area contributed by atoms with Crippen LogP contribution in [0.2, 0.25) is 0 Å². The molecule has 0 atom stereocenters. The predicted molar refractivity (Wildman–Crippen MR) is 91.1 cm³/mol. The number of nitrogens with one attached hydrogen (secondary N) is 2. The quantitative estimate of drug-likeness (QED) is 0.376. The second-order valence-corrected chi connectivity index (χ2v) is 8.42. The zero-order valence-corrected chi connectivity index (χ0v) is 15.0. The highest BCUT2D eigenvalue weighted by Crippen LogP contribution is 2.40. The number of rotatable bonds is 9. The Kier molecular flexibility index (Phi) is 8.17. The second-order valence-electron chi connectivity index (χ2n) is 6.16. The minimum Gasteiger partial charge on any atom is -0.379 e. The van der Waals surface area contributed by atoms with Gasteiger partial charge in [-0.1, -0.05) is 19.8 Å². The van der Waals surface area contributed by atoms with Gasteiger partial charge in [-0.3, -0.25) is 4.99 Å². The van der Waals surface area contributed by atoms with Gasteiger partial charge in [-0.15, -0.1) is 0 Å². The highest BCUT2D eigenvalue weighted by atomic mass is 32.2. The molecule has 0 amide bonds. The van der Waals surface area contributed by atoms with E-state index in [-0.39, 0.29) is 12.4 Å². The maximum absolute atomic E-state index is 11.0. The summed E-state index contributed by atoms with van der Waals surface area (Å²) in [6.07, 6.45) is 7.66. The van der Waals surface area contributed by atoms with Crippen LogP contribution in [0.3, 0.4) is 0 Å². The van der Waals surface area contributed by atoms with Crippen LogP contribution in [-0.2, 0) is 14.6 Å². The Labute approximate surface area is 135 Å². The lowest BCUT2D eigenvalue weighted by Crippen LogP contribution is -2.43. The monoisotopic (exact) mass is 333 g/mol. The molecule has 1 aliphatic rings. The van der Waals surface area contributed by atoms with Gasteiger partial charge in [-0.05, 0) is 24.7 Å². The molecule has 22 heavy (non-hydrogen) atoms. The van der Waals surface area contributed by atoms with Gasteiger partial charge in [0.25, 0.3) is 0 Å². The SMILES string of the molecule is CCC1(CNC(=NC)NCCOCCS(C)(=O)=O)CCCC1. The van der Waals surface area contributed by atoms with Gasteiger partial charge in [0.1, 0.15) is 9.84 Å². The fourth-order valence-corrected chi connectivity index (χ4v) is 3.25. The first-order valence-corrected chi connectivity index (χ1v) is 10.2. The lowest BCUT2D eigenvalue weighted by Gasteiger charge is -2.28. The van der Waals surface area contributed by atoms with E-state index in [2.05, 4.69) is 22.5 Å². The van der Waals surface area contributed by atoms with Crippen LogP contribution in [0.1, 0.15) is 39.0 Å². The number of guanidine groups is 1. The van der Waals surface area contributed by atoms with E-state index in [0.717, 1.165) is 12.5 Å². The van der Waals surface area contributed by atoms with E-state index in [1.807, 2.05) is 0 Å². The van der Waals surface area contributed by atoms with Crippen molar-refractivity contribution in [3.05, 3.63) is 0 Å². The standard InChI is InChI=1S/C15H31N3O3S/c1-4-15(7-5-6-8-15)13-18-14(16-2)17-9-10-21-11-12-22(3,19)20/h4-13H2,1-3H3,(H2,16,17,18). The van der Waals surface area contributed by atoms with Crippen LogP contribution < -0.4 is 10.6 Å². The third-order valence-corrected chi connectivity index (χ3v) is 5.31. The van der Waals surface area contributed by atoms with Crippen LogP contribution >= 0.6 is 0 Å². The van der Waals surface area contributed by atoms with E-state index in [1.165, 1.54) is 38.4 Å². The molecule has 2 N–H and O–H groups in total. The van der Waals surface area contributed by atoms with Gasteiger partial charge in [0, 0.05) is 26.4 Å². The summed E-state index contributed by atoms with van der Waals surface area (Å²) in [4.78, 5) is 4.21. The molecule has 0 spiro atoms. The molecule has 0 radical (unpaired) electrons. The third-order valence-electron chi connectivity index (χ3n) is 4.41. The van der Waals surface area contributed by atoms with Gasteiger partial charge in [-0.2, -0.15) is 0 Å². The first kappa shape index (κ1) is 19.2. The zero-order valence-electron chi connectivity index (χ0n) is 14.2. The molecule has 130 valence electrons. The number of hydrogen-bond acceptors (Lipinski definition) is 4. The summed E-state index contributed by atoms with van der Waals surface area (Å²) in [5, 5.41) is 6.60. The highest BCUT2D eigenvalue weighted by molar-refractivity contribution is 7.90. The fraction of sp³-hybridized carbons (Fsp3) is 0.933. The Morgan fingerprint density at radius 1 is 1.23 bits per heavy atom. The van der Waals surface area contributed by atoms with E-state index in [1.54, 1.807) is 7.05 Å². The Bertz CT molecular complexity index is 443. The zero-order chi connectivity index (χ0) is 16.5. The Hall–Kier alpha value is -0.820. The number of sulfone groups is 1. The molecule has 6 nitrogen and oxygen atoms in total. The van der Waals surface area contributed by atoms with Crippen LogP contribution in [0.4, 0.5) is 0 Å². The third kappa shape index (κ3) is 7.45. The summed E-state index contributed by atoms with van der Waals surface area (Å²) in [6, 6.07) is 0. The topological polar surface area (TPSA) is 79.8 Å². The molecular formula is C15H31N3O3S. The molecule has 1 aliphatic carbocycles. The molecule has 0 aliphatic heterocycles. The van der Waals surface area contributed by atoms with E-state index in [4.69, 9.17) is 4.74 Å². The van der Waals surface area contributed by atoms with E-state index in [0.29, 0.717) is 18.6 Å². The van der Waals surface area contributed by atoms with Gasteiger partial charge < -0.3 is 15.4 Å². The summed E-state index contributed by atoms with van der Waals surface area (Å²) >= 11 is 0. The lowest BCUT2D eigenvalue weighted by atomic mass is 9.83. The van der Waals surface area contributed by atoms with Crippen molar-refractivity contribution in [2.75, 3.05) is 45.4 Å². The number of aliphatic imine (C=N–C) groups is 1. The molecular weight excluding hydrogens is 302 g/mol. The van der Waals surface area contributed by atoms with Crippen molar-refractivity contribution in [3.8, 4) is 0 Å². The molecule has 1 rings (SSSR count). The molecule has 0 unspecified atom stereocenters. The van der Waals surface area contributed by atoms with Crippen molar-refractivity contribution >= 4 is 15.8 Å². The highest BCUT2D eigenvalue weighted by Gasteiger charge is 2.31. The van der Waals surface area contributed by atoms with E-state index >= 15 is 0 Å². The van der Waals surface area contributed by atoms with Gasteiger partial charge in [0.2, 0.25) is 0 Å². The molecule has 1 saturated carbocycles. The second kappa shape index (κ2) is 9.35. The fourth-order valence-electron chi connectivity index (χ4n) is 2.83. The summed E-state index contributed by atoms with van der Waals surface area (Å²) < 4.78 is 27.2. The number of hydrogen-bond donors (Lipinski definition) is 2. The normalized spacial score (nSPS) is 18.4. The van der Waals surface area contributed by atoms with Crippen LogP contribution in [0.5, 0.6) is 0 Å². The summed E-state index contributed by atoms with van der Waals surface area (Å²) in [6.45, 7) is 4.54. The lowest BCUT2D eigenvalue weighted by molar-refractivity contribution is 0.154. The minimum absolute atomic E-state index is 0.0684. The summed E-state index contributed by atoms with van der Waals surface area (Å²) in [5.41, 5.74) is 0.420. The maximum Gasteiger partial charge on any atom is 0.191 e. The largest absolute Gasteiger partial charge is 0.379 e. The minimum atomic E-state index is -2.94. The molecule has 0 aromatic rings. The molecule has 0 bridgehead atoms. The van der Waals surface area contributed by atoms with Crippen LogP contribution in [0, 0.1) is 5.41 Å². The van der Waals surface area contributed by atoms with E-state index in [9.17, 15) is 8.42 Å². The maximum atomic E-state index is 11.0. The van der Waals surface area contributed by atoms with Gasteiger partial charge in [-0.25, -0.2) is 8.42 Å². The molecule has 0 aromatic carbocycles. The molecule has 7 heteroatoms. The van der Waals surface area contributed by atoms with Crippen LogP contribution in [-0.4, -0.2) is 59.7 Å². The first-order valence-electron chi connectivity index (χ1n) is 8.11. The Morgan fingerprint density at radius 2 is 1.91 bits per heavy atom. The van der Waals surface area contributed by atoms with Crippen molar-refractivity contribution in [3.63, 3.8) is 0 Å². The predicted octanol–water partition coefficient (Wildman–Crippen LogP) is 1.18. The average Bonchev–Trinajstić information content (AvgIpc) is 2.94. The first-order chi connectivity index (χ1) is 10.4. The van der Waals surface area contributed by atoms with Crippen molar-refractivity contribution in [2.45, 2.75) is 39.0 Å². The van der Waals surface area contributed by atoms with Crippen LogP contribution in [0.15, 0.2) is 4.99 Å². The number of nitrogens with zero attached hydrogens (tertiary/aromatic N) is 1. The van der Waals surface area contributed by atoms with E-state index < -0.39 is 9.84 Å². The Balaban J connectivity index is 2.17. The summed E-state index contributed by atoms with van der Waals surface area (Å²) in [7, 11) is -1.18. The number of ether oxygens (including phenoxy) is 1. The smallest absolute Gasteiger partial charge is 0.191 e. The van der Waals surface area contributed by atoms with Gasteiger partial charge in [0.05, 0.1) is 19.0 Å². The Morgan fingerprint density at radius 3 is 2.45 bits per heavy atom. The van der Waals surface area contributed by atoms with Crippen molar-refractivity contribution in [1.29, 1.82) is 0 Å². The van der Waals surface area contributed by atoms with Gasteiger partial charge >= 0.3 is 0 Å². The molecule has 0 saturated heterocycles. The van der Waals surface area contributed by atoms with Crippen molar-refractivity contribution in [2.24, 2.45) is 10.4 Å². The van der Waals surface area contributed by atoms with Crippen molar-refractivity contribution in [1.82, 2.24) is 10.6 Å². The van der Waals surface area contributed by atoms with Crippen molar-refractivity contribution < 1.29 is 13.2 Å². The summed E-state index contributed by atoms with van der Waals surface area (Å²) in [5.74, 6) is 0.852. The average molecular weight is 333 g/mol. The van der Waals surface area contributed by atoms with Crippen LogP contribution in [0.25, 0.3) is 0 Å².